The molecule has 1 aliphatic heterocycles. The minimum Gasteiger partial charge on any atom is -0.341 e. The summed E-state index contributed by atoms with van der Waals surface area (Å²) in [6, 6.07) is 10.0. The molecule has 0 saturated carbocycles. The Morgan fingerprint density at radius 3 is 2.39 bits per heavy atom. The quantitative estimate of drug-likeness (QED) is 0.767. The molecule has 2 unspecified atom stereocenters. The number of likely N-dealkylation sites (tertiary alicyclic amines) is 1. The van der Waals surface area contributed by atoms with E-state index in [0.717, 1.165) is 31.5 Å². The van der Waals surface area contributed by atoms with Crippen molar-refractivity contribution in [3.05, 3.63) is 35.9 Å². The molecule has 1 aromatic rings. The normalized spacial score (nSPS) is 19.3. The Morgan fingerprint density at radius 1 is 1.17 bits per heavy atom. The molecule has 0 spiro atoms. The van der Waals surface area contributed by atoms with Crippen molar-refractivity contribution in [1.29, 1.82) is 0 Å². The van der Waals surface area contributed by atoms with Gasteiger partial charge in [-0.3, -0.25) is 4.79 Å². The van der Waals surface area contributed by atoms with Gasteiger partial charge in [0.15, 0.2) is 0 Å². The van der Waals surface area contributed by atoms with Crippen LogP contribution in [-0.2, 0) is 4.79 Å². The highest BCUT2D eigenvalue weighted by Gasteiger charge is 2.28. The summed E-state index contributed by atoms with van der Waals surface area (Å²) in [7, 11) is 0. The Hall–Kier alpha value is -1.02. The van der Waals surface area contributed by atoms with Crippen LogP contribution in [0.2, 0.25) is 0 Å². The highest BCUT2D eigenvalue weighted by atomic mass is 35.5. The summed E-state index contributed by atoms with van der Waals surface area (Å²) in [6.07, 6.45) is 3.44. The van der Waals surface area contributed by atoms with E-state index in [1.54, 1.807) is 0 Å². The summed E-state index contributed by atoms with van der Waals surface area (Å²) in [5, 5.41) is -0.453. The minimum absolute atomic E-state index is 0.0577. The second kappa shape index (κ2) is 6.24. The van der Waals surface area contributed by atoms with Gasteiger partial charge in [-0.1, -0.05) is 37.3 Å². The highest BCUT2D eigenvalue weighted by molar-refractivity contribution is 6.31. The second-order valence-corrected chi connectivity index (χ2v) is 5.46. The third-order valence-corrected chi connectivity index (χ3v) is 4.23. The second-order valence-electron chi connectivity index (χ2n) is 4.99. The lowest BCUT2D eigenvalue weighted by molar-refractivity contribution is -0.132. The number of alkyl halides is 1. The molecule has 1 fully saturated rings. The third-order valence-electron chi connectivity index (χ3n) is 3.67. The van der Waals surface area contributed by atoms with Crippen molar-refractivity contribution in [2.24, 2.45) is 0 Å². The summed E-state index contributed by atoms with van der Waals surface area (Å²) >= 11 is 6.36. The van der Waals surface area contributed by atoms with E-state index in [1.807, 2.05) is 42.2 Å². The summed E-state index contributed by atoms with van der Waals surface area (Å²) in [5.41, 5.74) is 1.13. The van der Waals surface area contributed by atoms with Crippen LogP contribution in [0, 0.1) is 0 Å². The van der Waals surface area contributed by atoms with E-state index >= 15 is 0 Å². The Labute approximate surface area is 114 Å². The minimum atomic E-state index is -0.453. The molecule has 3 heteroatoms. The first kappa shape index (κ1) is 13.4. The van der Waals surface area contributed by atoms with Gasteiger partial charge in [0.1, 0.15) is 5.38 Å². The number of amides is 1. The van der Waals surface area contributed by atoms with E-state index in [2.05, 4.69) is 0 Å². The van der Waals surface area contributed by atoms with Crippen molar-refractivity contribution in [2.45, 2.75) is 37.5 Å². The van der Waals surface area contributed by atoms with Crippen LogP contribution in [0.15, 0.2) is 30.3 Å². The van der Waals surface area contributed by atoms with Gasteiger partial charge in [0.25, 0.3) is 0 Å². The summed E-state index contributed by atoms with van der Waals surface area (Å²) in [4.78, 5) is 14.2. The zero-order valence-electron chi connectivity index (χ0n) is 10.8. The van der Waals surface area contributed by atoms with E-state index in [4.69, 9.17) is 11.6 Å². The van der Waals surface area contributed by atoms with Crippen molar-refractivity contribution in [3.8, 4) is 0 Å². The summed E-state index contributed by atoms with van der Waals surface area (Å²) < 4.78 is 0. The molecular formula is C15H20ClNO. The lowest BCUT2D eigenvalue weighted by atomic mass is 9.96. The molecule has 0 aliphatic carbocycles. The van der Waals surface area contributed by atoms with Gasteiger partial charge in [-0.2, -0.15) is 0 Å². The number of carbonyl (C=O) groups excluding carboxylic acids is 1. The van der Waals surface area contributed by atoms with Gasteiger partial charge in [-0.05, 0) is 24.8 Å². The fourth-order valence-electron chi connectivity index (χ4n) is 2.43. The number of piperidine rings is 1. The van der Waals surface area contributed by atoms with Gasteiger partial charge >= 0.3 is 0 Å². The van der Waals surface area contributed by atoms with Crippen LogP contribution >= 0.6 is 11.6 Å². The lowest BCUT2D eigenvalue weighted by Crippen LogP contribution is -2.41. The molecule has 1 saturated heterocycles. The first-order valence-corrected chi connectivity index (χ1v) is 7.11. The maximum Gasteiger partial charge on any atom is 0.241 e. The van der Waals surface area contributed by atoms with Crippen LogP contribution in [0.3, 0.4) is 0 Å². The average molecular weight is 266 g/mol. The van der Waals surface area contributed by atoms with E-state index in [9.17, 15) is 4.79 Å². The number of nitrogens with zero attached hydrogens (tertiary/aromatic N) is 1. The molecule has 98 valence electrons. The third kappa shape index (κ3) is 3.05. The van der Waals surface area contributed by atoms with Crippen LogP contribution < -0.4 is 0 Å². The number of rotatable bonds is 3. The maximum atomic E-state index is 12.3. The number of benzene rings is 1. The molecule has 0 radical (unpaired) electrons. The van der Waals surface area contributed by atoms with Gasteiger partial charge in [0.05, 0.1) is 0 Å². The molecule has 1 aromatic carbocycles. The smallest absolute Gasteiger partial charge is 0.241 e. The monoisotopic (exact) mass is 265 g/mol. The Morgan fingerprint density at radius 2 is 1.78 bits per heavy atom. The number of carbonyl (C=O) groups is 1. The zero-order valence-corrected chi connectivity index (χ0v) is 11.6. The molecule has 2 atom stereocenters. The molecule has 1 heterocycles. The molecule has 2 rings (SSSR count). The summed E-state index contributed by atoms with van der Waals surface area (Å²) in [5.74, 6) is 0.148. The van der Waals surface area contributed by atoms with E-state index in [-0.39, 0.29) is 11.8 Å². The van der Waals surface area contributed by atoms with Crippen molar-refractivity contribution in [1.82, 2.24) is 4.90 Å². The van der Waals surface area contributed by atoms with Gasteiger partial charge in [0.2, 0.25) is 5.91 Å². The van der Waals surface area contributed by atoms with Crippen LogP contribution in [0.1, 0.15) is 37.7 Å². The Kier molecular flexibility index (Phi) is 4.65. The standard InChI is InChI=1S/C15H20ClNO/c1-12(13-8-4-2-5-9-13)14(16)15(18)17-10-6-3-7-11-17/h2,4-5,8-9,12,14H,3,6-7,10-11H2,1H3. The first-order chi connectivity index (χ1) is 8.70. The SMILES string of the molecule is CC(c1ccccc1)C(Cl)C(=O)N1CCCCC1. The van der Waals surface area contributed by atoms with Crippen LogP contribution in [0.4, 0.5) is 0 Å². The first-order valence-electron chi connectivity index (χ1n) is 6.68. The zero-order chi connectivity index (χ0) is 13.0. The number of hydrogen-bond acceptors (Lipinski definition) is 1. The molecule has 18 heavy (non-hydrogen) atoms. The predicted octanol–water partition coefficient (Wildman–Crippen LogP) is 3.41. The van der Waals surface area contributed by atoms with Gasteiger partial charge in [-0.25, -0.2) is 0 Å². The fourth-order valence-corrected chi connectivity index (χ4v) is 2.71. The van der Waals surface area contributed by atoms with Crippen molar-refractivity contribution in [3.63, 3.8) is 0 Å². The number of hydrogen-bond donors (Lipinski definition) is 0. The van der Waals surface area contributed by atoms with E-state index in [0.29, 0.717) is 0 Å². The van der Waals surface area contributed by atoms with Gasteiger partial charge in [-0.15, -0.1) is 11.6 Å². The molecule has 2 nitrogen and oxygen atoms in total. The largest absolute Gasteiger partial charge is 0.341 e. The van der Waals surface area contributed by atoms with Crippen LogP contribution in [0.25, 0.3) is 0 Å². The predicted molar refractivity (Wildman–Crippen MR) is 74.9 cm³/mol. The Balaban J connectivity index is 2.01. The Bertz CT molecular complexity index is 387. The molecular weight excluding hydrogens is 246 g/mol. The van der Waals surface area contributed by atoms with Crippen molar-refractivity contribution in [2.75, 3.05) is 13.1 Å². The van der Waals surface area contributed by atoms with Crippen LogP contribution in [0.5, 0.6) is 0 Å². The van der Waals surface area contributed by atoms with E-state index in [1.165, 1.54) is 6.42 Å². The van der Waals surface area contributed by atoms with Crippen molar-refractivity contribution >= 4 is 17.5 Å². The highest BCUT2D eigenvalue weighted by Crippen LogP contribution is 2.25. The molecule has 0 aromatic heterocycles. The lowest BCUT2D eigenvalue weighted by Gasteiger charge is -2.30. The fraction of sp³-hybridized carbons (Fsp3) is 0.533. The van der Waals surface area contributed by atoms with E-state index < -0.39 is 5.38 Å². The van der Waals surface area contributed by atoms with Gasteiger partial charge < -0.3 is 4.90 Å². The molecule has 0 N–H and O–H groups in total. The van der Waals surface area contributed by atoms with Crippen molar-refractivity contribution < 1.29 is 4.79 Å². The topological polar surface area (TPSA) is 20.3 Å². The molecule has 1 aliphatic rings. The summed E-state index contributed by atoms with van der Waals surface area (Å²) in [6.45, 7) is 3.75. The van der Waals surface area contributed by atoms with Crippen LogP contribution in [-0.4, -0.2) is 29.3 Å². The average Bonchev–Trinajstić information content (AvgIpc) is 2.47. The van der Waals surface area contributed by atoms with Gasteiger partial charge in [0, 0.05) is 19.0 Å². The maximum absolute atomic E-state index is 12.3. The number of halogens is 1. The molecule has 1 amide bonds. The molecule has 0 bridgehead atoms.